The second-order valence-corrected chi connectivity index (χ2v) is 6.08. The SMILES string of the molecule is CNCC1CCCN(C(=O)C2CCC(C(F)(F)F)NC2=O)C1. The minimum atomic E-state index is -4.45. The molecule has 126 valence electrons. The van der Waals surface area contributed by atoms with Crippen LogP contribution in [0.5, 0.6) is 0 Å². The summed E-state index contributed by atoms with van der Waals surface area (Å²) in [5.41, 5.74) is 0. The van der Waals surface area contributed by atoms with E-state index in [1.807, 2.05) is 12.4 Å². The summed E-state index contributed by atoms with van der Waals surface area (Å²) in [6.45, 7) is 1.93. The first-order valence-corrected chi connectivity index (χ1v) is 7.63. The Balaban J connectivity index is 1.94. The molecule has 2 rings (SSSR count). The Bertz CT molecular complexity index is 426. The van der Waals surface area contributed by atoms with Gasteiger partial charge in [-0.2, -0.15) is 13.2 Å². The highest BCUT2D eigenvalue weighted by molar-refractivity contribution is 6.00. The lowest BCUT2D eigenvalue weighted by atomic mass is 9.90. The minimum absolute atomic E-state index is 0.0396. The van der Waals surface area contributed by atoms with Crippen LogP contribution in [0, 0.1) is 11.8 Å². The molecule has 2 aliphatic heterocycles. The first-order chi connectivity index (χ1) is 10.3. The van der Waals surface area contributed by atoms with Crippen molar-refractivity contribution < 1.29 is 22.8 Å². The molecule has 0 aromatic carbocycles. The maximum absolute atomic E-state index is 12.6. The molecule has 3 atom stereocenters. The molecule has 2 aliphatic rings. The van der Waals surface area contributed by atoms with Gasteiger partial charge < -0.3 is 15.5 Å². The van der Waals surface area contributed by atoms with Gasteiger partial charge in [0.2, 0.25) is 11.8 Å². The summed E-state index contributed by atoms with van der Waals surface area (Å²) in [6.07, 6.45) is -2.86. The molecule has 0 radical (unpaired) electrons. The summed E-state index contributed by atoms with van der Waals surface area (Å²) < 4.78 is 37.8. The van der Waals surface area contributed by atoms with Gasteiger partial charge in [-0.25, -0.2) is 0 Å². The van der Waals surface area contributed by atoms with Crippen LogP contribution in [0.2, 0.25) is 0 Å². The van der Waals surface area contributed by atoms with Crippen molar-refractivity contribution in [2.24, 2.45) is 11.8 Å². The Morgan fingerprint density at radius 3 is 2.68 bits per heavy atom. The maximum Gasteiger partial charge on any atom is 0.408 e. The molecule has 3 unspecified atom stereocenters. The van der Waals surface area contributed by atoms with Crippen LogP contribution in [-0.2, 0) is 9.59 Å². The first-order valence-electron chi connectivity index (χ1n) is 7.63. The fourth-order valence-electron chi connectivity index (χ4n) is 3.23. The fraction of sp³-hybridized carbons (Fsp3) is 0.857. The van der Waals surface area contributed by atoms with Crippen LogP contribution in [0.3, 0.4) is 0 Å². The maximum atomic E-state index is 12.6. The van der Waals surface area contributed by atoms with Crippen molar-refractivity contribution >= 4 is 11.8 Å². The van der Waals surface area contributed by atoms with Gasteiger partial charge in [-0.05, 0) is 45.2 Å². The van der Waals surface area contributed by atoms with Gasteiger partial charge in [0.25, 0.3) is 0 Å². The topological polar surface area (TPSA) is 61.4 Å². The van der Waals surface area contributed by atoms with Gasteiger partial charge in [0.15, 0.2) is 0 Å². The fourth-order valence-corrected chi connectivity index (χ4v) is 3.23. The number of amides is 2. The number of hydrogen-bond acceptors (Lipinski definition) is 3. The Kier molecular flexibility index (Phi) is 5.31. The quantitative estimate of drug-likeness (QED) is 0.759. The zero-order valence-electron chi connectivity index (χ0n) is 12.6. The van der Waals surface area contributed by atoms with E-state index >= 15 is 0 Å². The summed E-state index contributed by atoms with van der Waals surface area (Å²) in [6, 6.07) is -1.83. The molecule has 22 heavy (non-hydrogen) atoms. The number of nitrogens with zero attached hydrogens (tertiary/aromatic N) is 1. The normalized spacial score (nSPS) is 30.1. The number of alkyl halides is 3. The number of piperidine rings is 2. The van der Waals surface area contributed by atoms with Gasteiger partial charge >= 0.3 is 6.18 Å². The molecule has 2 fully saturated rings. The average Bonchev–Trinajstić information content (AvgIpc) is 2.46. The zero-order chi connectivity index (χ0) is 16.3. The van der Waals surface area contributed by atoms with E-state index in [2.05, 4.69) is 5.32 Å². The highest BCUT2D eigenvalue weighted by atomic mass is 19.4. The van der Waals surface area contributed by atoms with Gasteiger partial charge in [0.05, 0.1) is 0 Å². The van der Waals surface area contributed by atoms with Crippen molar-refractivity contribution in [2.45, 2.75) is 37.9 Å². The second kappa shape index (κ2) is 6.85. The Morgan fingerprint density at radius 1 is 1.36 bits per heavy atom. The van der Waals surface area contributed by atoms with Crippen LogP contribution < -0.4 is 10.6 Å². The number of carbonyl (C=O) groups is 2. The largest absolute Gasteiger partial charge is 0.408 e. The third-order valence-electron chi connectivity index (χ3n) is 4.39. The number of nitrogens with one attached hydrogen (secondary N) is 2. The molecule has 2 heterocycles. The highest BCUT2D eigenvalue weighted by Gasteiger charge is 2.46. The van der Waals surface area contributed by atoms with Crippen molar-refractivity contribution in [3.05, 3.63) is 0 Å². The van der Waals surface area contributed by atoms with Gasteiger partial charge in [-0.3, -0.25) is 9.59 Å². The smallest absolute Gasteiger partial charge is 0.344 e. The third-order valence-corrected chi connectivity index (χ3v) is 4.39. The lowest BCUT2D eigenvalue weighted by molar-refractivity contribution is -0.172. The summed E-state index contributed by atoms with van der Waals surface area (Å²) >= 11 is 0. The zero-order valence-corrected chi connectivity index (χ0v) is 12.6. The molecule has 2 N–H and O–H groups in total. The Morgan fingerprint density at radius 2 is 2.09 bits per heavy atom. The molecular weight excluding hydrogens is 299 g/mol. The van der Waals surface area contributed by atoms with Gasteiger partial charge in [-0.1, -0.05) is 0 Å². The molecule has 0 aliphatic carbocycles. The van der Waals surface area contributed by atoms with E-state index < -0.39 is 24.0 Å². The van der Waals surface area contributed by atoms with Crippen LogP contribution in [0.15, 0.2) is 0 Å². The van der Waals surface area contributed by atoms with Crippen LogP contribution >= 0.6 is 0 Å². The highest BCUT2D eigenvalue weighted by Crippen LogP contribution is 2.29. The van der Waals surface area contributed by atoms with Crippen molar-refractivity contribution in [3.8, 4) is 0 Å². The average molecular weight is 321 g/mol. The molecule has 2 saturated heterocycles. The van der Waals surface area contributed by atoms with Crippen molar-refractivity contribution in [1.29, 1.82) is 0 Å². The minimum Gasteiger partial charge on any atom is -0.344 e. The predicted molar refractivity (Wildman–Crippen MR) is 73.9 cm³/mol. The standard InChI is InChI=1S/C14H22F3N3O2/c1-18-7-9-3-2-6-20(8-9)13(22)10-4-5-11(14(15,16)17)19-12(10)21/h9-11,18H,2-8H2,1H3,(H,19,21). The van der Waals surface area contributed by atoms with Crippen molar-refractivity contribution in [1.82, 2.24) is 15.5 Å². The molecule has 2 amide bonds. The van der Waals surface area contributed by atoms with Crippen LogP contribution in [0.4, 0.5) is 13.2 Å². The van der Waals surface area contributed by atoms with E-state index in [1.54, 1.807) is 4.90 Å². The second-order valence-electron chi connectivity index (χ2n) is 6.08. The molecular formula is C14H22F3N3O2. The van der Waals surface area contributed by atoms with Gasteiger partial charge in [0, 0.05) is 13.1 Å². The number of hydrogen-bond donors (Lipinski definition) is 2. The molecule has 0 saturated carbocycles. The van der Waals surface area contributed by atoms with Crippen LogP contribution in [0.25, 0.3) is 0 Å². The van der Waals surface area contributed by atoms with Crippen LogP contribution in [-0.4, -0.2) is 55.6 Å². The number of rotatable bonds is 3. The van der Waals surface area contributed by atoms with Crippen LogP contribution in [0.1, 0.15) is 25.7 Å². The summed E-state index contributed by atoms with van der Waals surface area (Å²) in [4.78, 5) is 25.9. The summed E-state index contributed by atoms with van der Waals surface area (Å²) in [5.74, 6) is -1.78. The Hall–Kier alpha value is -1.31. The van der Waals surface area contributed by atoms with E-state index in [-0.39, 0.29) is 18.7 Å². The number of carbonyl (C=O) groups excluding carboxylic acids is 2. The van der Waals surface area contributed by atoms with E-state index in [4.69, 9.17) is 0 Å². The van der Waals surface area contributed by atoms with Gasteiger partial charge in [0.1, 0.15) is 12.0 Å². The molecule has 0 aromatic heterocycles. The molecule has 0 aromatic rings. The van der Waals surface area contributed by atoms with E-state index in [1.165, 1.54) is 0 Å². The van der Waals surface area contributed by atoms with E-state index in [0.29, 0.717) is 19.0 Å². The van der Waals surface area contributed by atoms with Crippen molar-refractivity contribution in [3.63, 3.8) is 0 Å². The lowest BCUT2D eigenvalue weighted by Gasteiger charge is -2.37. The summed E-state index contributed by atoms with van der Waals surface area (Å²) in [7, 11) is 1.84. The molecule has 8 heteroatoms. The summed E-state index contributed by atoms with van der Waals surface area (Å²) in [5, 5.41) is 5.00. The lowest BCUT2D eigenvalue weighted by Crippen LogP contribution is -2.56. The first kappa shape index (κ1) is 17.1. The number of likely N-dealkylation sites (tertiary alicyclic amines) is 1. The Labute approximate surface area is 127 Å². The van der Waals surface area contributed by atoms with E-state index in [9.17, 15) is 22.8 Å². The predicted octanol–water partition coefficient (Wildman–Crippen LogP) is 0.901. The van der Waals surface area contributed by atoms with E-state index in [0.717, 1.165) is 19.4 Å². The third kappa shape index (κ3) is 3.91. The molecule has 0 spiro atoms. The number of halogens is 3. The van der Waals surface area contributed by atoms with Gasteiger partial charge in [-0.15, -0.1) is 0 Å². The monoisotopic (exact) mass is 321 g/mol. The van der Waals surface area contributed by atoms with Crippen molar-refractivity contribution in [2.75, 3.05) is 26.7 Å². The molecule has 5 nitrogen and oxygen atoms in total. The molecule has 0 bridgehead atoms.